The van der Waals surface area contributed by atoms with Crippen LogP contribution >= 0.6 is 0 Å². The zero-order valence-corrected chi connectivity index (χ0v) is 14.8. The predicted octanol–water partition coefficient (Wildman–Crippen LogP) is 2.75. The molecule has 0 aliphatic carbocycles. The summed E-state index contributed by atoms with van der Waals surface area (Å²) >= 11 is 0. The number of benzene rings is 1. The molecule has 1 atom stereocenters. The van der Waals surface area contributed by atoms with Gasteiger partial charge in [-0.25, -0.2) is 4.79 Å². The Morgan fingerprint density at radius 3 is 2.62 bits per heavy atom. The average Bonchev–Trinajstić information content (AvgIpc) is 2.50. The normalized spacial score (nSPS) is 12.5. The largest absolute Gasteiger partial charge is 0.484 e. The quantitative estimate of drug-likeness (QED) is 0.639. The number of para-hydroxylation sites is 1. The summed E-state index contributed by atoms with van der Waals surface area (Å²) in [5.74, 6) is -0.480. The summed E-state index contributed by atoms with van der Waals surface area (Å²) in [7, 11) is 1.37. The zero-order chi connectivity index (χ0) is 18.2. The van der Waals surface area contributed by atoms with Gasteiger partial charge in [-0.2, -0.15) is 0 Å². The number of aliphatic carboxylic acids is 1. The molecule has 0 amide bonds. The SMILES string of the molecule is COC(Cc1cccc(OCC=O)c1NCCC(C)(C)C)C(=O)O. The molecule has 0 aliphatic heterocycles. The molecule has 0 aliphatic rings. The van der Waals surface area contributed by atoms with Gasteiger partial charge in [0.05, 0.1) is 5.69 Å². The van der Waals surface area contributed by atoms with E-state index in [2.05, 4.69) is 26.1 Å². The molecule has 134 valence electrons. The first kappa shape index (κ1) is 20.0. The second kappa shape index (κ2) is 9.27. The molecule has 1 unspecified atom stereocenters. The van der Waals surface area contributed by atoms with Crippen molar-refractivity contribution in [2.24, 2.45) is 5.41 Å². The van der Waals surface area contributed by atoms with Gasteiger partial charge in [0.2, 0.25) is 0 Å². The fraction of sp³-hybridized carbons (Fsp3) is 0.556. The van der Waals surface area contributed by atoms with E-state index < -0.39 is 12.1 Å². The molecule has 0 heterocycles. The Labute approximate surface area is 143 Å². The standard InChI is InChI=1S/C18H27NO5/c1-18(2,3)8-9-19-16-13(12-15(23-4)17(21)22)6-5-7-14(16)24-11-10-20/h5-7,10,15,19H,8-9,11-12H2,1-4H3,(H,21,22). The van der Waals surface area contributed by atoms with E-state index in [0.717, 1.165) is 12.0 Å². The topological polar surface area (TPSA) is 84.9 Å². The maximum atomic E-state index is 11.2. The molecule has 0 aromatic heterocycles. The van der Waals surface area contributed by atoms with Crippen molar-refractivity contribution >= 4 is 17.9 Å². The first-order chi connectivity index (χ1) is 11.3. The molecule has 0 spiro atoms. The summed E-state index contributed by atoms with van der Waals surface area (Å²) in [5, 5.41) is 12.5. The first-order valence-electron chi connectivity index (χ1n) is 7.96. The third-order valence-electron chi connectivity index (χ3n) is 3.56. The number of carbonyl (C=O) groups excluding carboxylic acids is 1. The van der Waals surface area contributed by atoms with E-state index in [1.165, 1.54) is 7.11 Å². The Morgan fingerprint density at radius 2 is 2.08 bits per heavy atom. The number of aldehydes is 1. The molecular formula is C18H27NO5. The lowest BCUT2D eigenvalue weighted by Gasteiger charge is -2.22. The molecule has 0 fully saturated rings. The average molecular weight is 337 g/mol. The molecule has 0 radical (unpaired) electrons. The lowest BCUT2D eigenvalue weighted by atomic mass is 9.92. The van der Waals surface area contributed by atoms with Crippen LogP contribution in [0.1, 0.15) is 32.8 Å². The van der Waals surface area contributed by atoms with Crippen LogP contribution in [0.2, 0.25) is 0 Å². The third-order valence-corrected chi connectivity index (χ3v) is 3.56. The fourth-order valence-corrected chi connectivity index (χ4v) is 2.23. The number of hydrogen-bond donors (Lipinski definition) is 2. The molecule has 6 nitrogen and oxygen atoms in total. The second-order valence-corrected chi connectivity index (χ2v) is 6.77. The van der Waals surface area contributed by atoms with Gasteiger partial charge in [-0.1, -0.05) is 32.9 Å². The van der Waals surface area contributed by atoms with Crippen molar-refractivity contribution in [3.05, 3.63) is 23.8 Å². The van der Waals surface area contributed by atoms with Crippen molar-refractivity contribution in [3.63, 3.8) is 0 Å². The van der Waals surface area contributed by atoms with Crippen LogP contribution < -0.4 is 10.1 Å². The molecule has 1 aromatic carbocycles. The van der Waals surface area contributed by atoms with Crippen molar-refractivity contribution in [3.8, 4) is 5.75 Å². The number of nitrogens with one attached hydrogen (secondary N) is 1. The van der Waals surface area contributed by atoms with Crippen molar-refractivity contribution in [1.29, 1.82) is 0 Å². The lowest BCUT2D eigenvalue weighted by molar-refractivity contribution is -0.148. The highest BCUT2D eigenvalue weighted by Crippen LogP contribution is 2.30. The zero-order valence-electron chi connectivity index (χ0n) is 14.8. The smallest absolute Gasteiger partial charge is 0.333 e. The third kappa shape index (κ3) is 6.58. The molecule has 6 heteroatoms. The summed E-state index contributed by atoms with van der Waals surface area (Å²) < 4.78 is 10.5. The summed E-state index contributed by atoms with van der Waals surface area (Å²) in [4.78, 5) is 21.8. The van der Waals surface area contributed by atoms with Gasteiger partial charge in [0.25, 0.3) is 0 Å². The van der Waals surface area contributed by atoms with E-state index in [1.807, 2.05) is 6.07 Å². The molecule has 0 saturated heterocycles. The van der Waals surface area contributed by atoms with Gasteiger partial charge in [0, 0.05) is 20.1 Å². The summed E-state index contributed by atoms with van der Waals surface area (Å²) in [5.41, 5.74) is 1.66. The number of carboxylic acid groups (broad SMARTS) is 1. The molecule has 0 bridgehead atoms. The second-order valence-electron chi connectivity index (χ2n) is 6.77. The van der Waals surface area contributed by atoms with Crippen molar-refractivity contribution in [2.45, 2.75) is 39.7 Å². The highest BCUT2D eigenvalue weighted by molar-refractivity contribution is 5.74. The van der Waals surface area contributed by atoms with Crippen LogP contribution in [0, 0.1) is 5.41 Å². The number of rotatable bonds is 10. The molecule has 1 aromatic rings. The fourth-order valence-electron chi connectivity index (χ4n) is 2.23. The van der Waals surface area contributed by atoms with Crippen LogP contribution in [-0.2, 0) is 20.7 Å². The Bertz CT molecular complexity index is 551. The Kier molecular flexibility index (Phi) is 7.71. The van der Waals surface area contributed by atoms with Crippen LogP contribution in [0.4, 0.5) is 5.69 Å². The van der Waals surface area contributed by atoms with Crippen LogP contribution in [0.25, 0.3) is 0 Å². The van der Waals surface area contributed by atoms with E-state index in [4.69, 9.17) is 9.47 Å². The maximum absolute atomic E-state index is 11.2. The van der Waals surface area contributed by atoms with Gasteiger partial charge >= 0.3 is 5.97 Å². The molecule has 0 saturated carbocycles. The van der Waals surface area contributed by atoms with E-state index in [9.17, 15) is 14.7 Å². The number of carboxylic acids is 1. The summed E-state index contributed by atoms with van der Waals surface area (Å²) in [6.45, 7) is 7.11. The number of carbonyl (C=O) groups is 2. The minimum absolute atomic E-state index is 0.0515. The number of anilines is 1. The summed E-state index contributed by atoms with van der Waals surface area (Å²) in [6, 6.07) is 5.37. The lowest BCUT2D eigenvalue weighted by Crippen LogP contribution is -2.25. The highest BCUT2D eigenvalue weighted by atomic mass is 16.5. The molecule has 1 rings (SSSR count). The van der Waals surface area contributed by atoms with Gasteiger partial charge in [0.1, 0.15) is 12.4 Å². The van der Waals surface area contributed by atoms with E-state index in [-0.39, 0.29) is 18.4 Å². The Hall–Kier alpha value is -2.08. The van der Waals surface area contributed by atoms with Gasteiger partial charge in [-0.3, -0.25) is 4.79 Å². The monoisotopic (exact) mass is 337 g/mol. The van der Waals surface area contributed by atoms with Crippen molar-refractivity contribution in [1.82, 2.24) is 0 Å². The summed E-state index contributed by atoms with van der Waals surface area (Å²) in [6.07, 6.45) is 0.888. The van der Waals surface area contributed by atoms with Gasteiger partial charge < -0.3 is 19.9 Å². The maximum Gasteiger partial charge on any atom is 0.333 e. The number of ether oxygens (including phenoxy) is 2. The highest BCUT2D eigenvalue weighted by Gasteiger charge is 2.20. The van der Waals surface area contributed by atoms with Crippen LogP contribution in [0.3, 0.4) is 0 Å². The first-order valence-corrected chi connectivity index (χ1v) is 7.96. The van der Waals surface area contributed by atoms with E-state index in [1.54, 1.807) is 12.1 Å². The Balaban J connectivity index is 3.02. The molecule has 2 N–H and O–H groups in total. The predicted molar refractivity (Wildman–Crippen MR) is 92.7 cm³/mol. The minimum atomic E-state index is -1.02. The van der Waals surface area contributed by atoms with Gasteiger partial charge in [0.15, 0.2) is 12.4 Å². The number of hydrogen-bond acceptors (Lipinski definition) is 5. The van der Waals surface area contributed by atoms with Crippen LogP contribution in [-0.4, -0.2) is 43.7 Å². The van der Waals surface area contributed by atoms with E-state index in [0.29, 0.717) is 24.3 Å². The van der Waals surface area contributed by atoms with Crippen molar-refractivity contribution in [2.75, 3.05) is 25.6 Å². The number of methoxy groups -OCH3 is 1. The van der Waals surface area contributed by atoms with E-state index >= 15 is 0 Å². The minimum Gasteiger partial charge on any atom is -0.484 e. The van der Waals surface area contributed by atoms with Gasteiger partial charge in [-0.15, -0.1) is 0 Å². The molecular weight excluding hydrogens is 310 g/mol. The van der Waals surface area contributed by atoms with Gasteiger partial charge in [-0.05, 0) is 23.5 Å². The Morgan fingerprint density at radius 1 is 1.38 bits per heavy atom. The van der Waals surface area contributed by atoms with Crippen LogP contribution in [0.5, 0.6) is 5.75 Å². The van der Waals surface area contributed by atoms with Crippen molar-refractivity contribution < 1.29 is 24.2 Å². The van der Waals surface area contributed by atoms with Crippen LogP contribution in [0.15, 0.2) is 18.2 Å². The molecule has 24 heavy (non-hydrogen) atoms.